The van der Waals surface area contributed by atoms with Crippen molar-refractivity contribution in [2.24, 2.45) is 0 Å². The molecule has 6 heteroatoms. The van der Waals surface area contributed by atoms with Crippen LogP contribution in [0.25, 0.3) is 22.2 Å². The third-order valence-corrected chi connectivity index (χ3v) is 3.91. The lowest BCUT2D eigenvalue weighted by Gasteiger charge is -2.03. The van der Waals surface area contributed by atoms with Crippen LogP contribution in [0.5, 0.6) is 0 Å². The summed E-state index contributed by atoms with van der Waals surface area (Å²) >= 11 is 5.88. The molecule has 2 heterocycles. The van der Waals surface area contributed by atoms with E-state index in [2.05, 4.69) is 15.5 Å². The molecule has 0 atom stereocenters. The topological polar surface area (TPSA) is 70.9 Å². The second kappa shape index (κ2) is 5.86. The maximum absolute atomic E-state index is 12.3. The number of anilines is 1. The molecule has 0 aliphatic heterocycles. The third-order valence-electron chi connectivity index (χ3n) is 3.66. The van der Waals surface area contributed by atoms with E-state index >= 15 is 0 Å². The Labute approximate surface area is 142 Å². The Morgan fingerprint density at radius 2 is 1.92 bits per heavy atom. The summed E-state index contributed by atoms with van der Waals surface area (Å²) in [5.74, 6) is 0.549. The van der Waals surface area contributed by atoms with E-state index in [-0.39, 0.29) is 11.7 Å². The fourth-order valence-electron chi connectivity index (χ4n) is 2.44. The van der Waals surface area contributed by atoms with Gasteiger partial charge in [0.25, 0.3) is 5.91 Å². The number of aromatic nitrogens is 2. The number of H-pyrrole nitrogens is 1. The van der Waals surface area contributed by atoms with E-state index in [1.165, 1.54) is 0 Å². The highest BCUT2D eigenvalue weighted by Crippen LogP contribution is 2.24. The van der Waals surface area contributed by atoms with Gasteiger partial charge in [-0.25, -0.2) is 0 Å². The number of amides is 1. The normalized spacial score (nSPS) is 10.9. The van der Waals surface area contributed by atoms with Crippen LogP contribution in [0.15, 0.2) is 65.2 Å². The Hall–Kier alpha value is -3.05. The highest BCUT2D eigenvalue weighted by Gasteiger charge is 2.13. The minimum atomic E-state index is -0.307. The summed E-state index contributed by atoms with van der Waals surface area (Å²) in [6.45, 7) is 0. The van der Waals surface area contributed by atoms with Crippen molar-refractivity contribution in [1.82, 2.24) is 10.2 Å². The second-order valence-electron chi connectivity index (χ2n) is 5.30. The Kier molecular flexibility index (Phi) is 3.55. The molecule has 0 aliphatic carbocycles. The second-order valence-corrected chi connectivity index (χ2v) is 5.73. The van der Waals surface area contributed by atoms with E-state index in [0.717, 1.165) is 16.5 Å². The van der Waals surface area contributed by atoms with Crippen LogP contribution in [0, 0.1) is 0 Å². The standard InChI is InChI=1S/C18H12ClN3O2/c19-13-3-1-11(2-4-13)16-7-8-17(24-16)18(23)21-14-5-6-15-12(9-14)10-20-22-15/h1-10H,(H,20,22)(H,21,23). The summed E-state index contributed by atoms with van der Waals surface area (Å²) in [6, 6.07) is 16.2. The lowest BCUT2D eigenvalue weighted by molar-refractivity contribution is 0.0997. The number of nitrogens with one attached hydrogen (secondary N) is 2. The molecule has 118 valence electrons. The Bertz CT molecular complexity index is 1020. The van der Waals surface area contributed by atoms with Crippen LogP contribution in [0.2, 0.25) is 5.02 Å². The molecule has 0 saturated carbocycles. The van der Waals surface area contributed by atoms with Crippen molar-refractivity contribution in [3.63, 3.8) is 0 Å². The Morgan fingerprint density at radius 1 is 1.08 bits per heavy atom. The molecule has 5 nitrogen and oxygen atoms in total. The summed E-state index contributed by atoms with van der Waals surface area (Å²) in [4.78, 5) is 12.3. The van der Waals surface area contributed by atoms with E-state index in [0.29, 0.717) is 16.5 Å². The van der Waals surface area contributed by atoms with Crippen LogP contribution in [0.1, 0.15) is 10.6 Å². The van der Waals surface area contributed by atoms with E-state index < -0.39 is 0 Å². The number of nitrogens with zero attached hydrogens (tertiary/aromatic N) is 1. The van der Waals surface area contributed by atoms with Gasteiger partial charge in [0, 0.05) is 21.7 Å². The van der Waals surface area contributed by atoms with Crippen molar-refractivity contribution in [1.29, 1.82) is 0 Å². The van der Waals surface area contributed by atoms with Gasteiger partial charge < -0.3 is 9.73 Å². The fourth-order valence-corrected chi connectivity index (χ4v) is 2.57. The highest BCUT2D eigenvalue weighted by atomic mass is 35.5. The number of hydrogen-bond acceptors (Lipinski definition) is 3. The average Bonchev–Trinajstić information content (AvgIpc) is 3.24. The van der Waals surface area contributed by atoms with Gasteiger partial charge in [0.15, 0.2) is 5.76 Å². The van der Waals surface area contributed by atoms with Gasteiger partial charge in [-0.2, -0.15) is 5.10 Å². The molecule has 4 rings (SSSR count). The number of carbonyl (C=O) groups excluding carboxylic acids is 1. The van der Waals surface area contributed by atoms with Gasteiger partial charge in [0.05, 0.1) is 11.7 Å². The van der Waals surface area contributed by atoms with Crippen molar-refractivity contribution in [2.75, 3.05) is 5.32 Å². The summed E-state index contributed by atoms with van der Waals surface area (Å²) in [6.07, 6.45) is 1.70. The first kappa shape index (κ1) is 14.5. The molecule has 0 radical (unpaired) electrons. The molecule has 2 aromatic carbocycles. The molecule has 0 spiro atoms. The lowest BCUT2D eigenvalue weighted by Crippen LogP contribution is -2.10. The van der Waals surface area contributed by atoms with Crippen LogP contribution in [-0.2, 0) is 0 Å². The molecule has 0 bridgehead atoms. The summed E-state index contributed by atoms with van der Waals surface area (Å²) in [7, 11) is 0. The smallest absolute Gasteiger partial charge is 0.291 e. The zero-order valence-electron chi connectivity index (χ0n) is 12.4. The monoisotopic (exact) mass is 337 g/mol. The van der Waals surface area contributed by atoms with Crippen molar-refractivity contribution in [3.05, 3.63) is 71.6 Å². The van der Waals surface area contributed by atoms with E-state index in [1.54, 1.807) is 30.5 Å². The molecule has 0 fully saturated rings. The molecule has 0 unspecified atom stereocenters. The van der Waals surface area contributed by atoms with Gasteiger partial charge in [-0.1, -0.05) is 11.6 Å². The molecule has 0 saturated heterocycles. The van der Waals surface area contributed by atoms with Gasteiger partial charge in [-0.3, -0.25) is 9.89 Å². The molecular formula is C18H12ClN3O2. The van der Waals surface area contributed by atoms with Crippen LogP contribution in [0.4, 0.5) is 5.69 Å². The molecule has 4 aromatic rings. The van der Waals surface area contributed by atoms with E-state index in [1.807, 2.05) is 30.3 Å². The van der Waals surface area contributed by atoms with Gasteiger partial charge in [0.2, 0.25) is 0 Å². The summed E-state index contributed by atoms with van der Waals surface area (Å²) < 4.78 is 5.64. The molecule has 1 amide bonds. The number of benzene rings is 2. The number of fused-ring (bicyclic) bond motifs is 1. The van der Waals surface area contributed by atoms with E-state index in [4.69, 9.17) is 16.0 Å². The van der Waals surface area contributed by atoms with Crippen LogP contribution < -0.4 is 5.32 Å². The Balaban J connectivity index is 1.55. The average molecular weight is 338 g/mol. The minimum Gasteiger partial charge on any atom is -0.451 e. The molecule has 0 aliphatic rings. The summed E-state index contributed by atoms with van der Waals surface area (Å²) in [5.41, 5.74) is 2.45. The number of rotatable bonds is 3. The van der Waals surface area contributed by atoms with Crippen LogP contribution in [0.3, 0.4) is 0 Å². The van der Waals surface area contributed by atoms with E-state index in [9.17, 15) is 4.79 Å². The Morgan fingerprint density at radius 3 is 2.75 bits per heavy atom. The SMILES string of the molecule is O=C(Nc1ccc2[nH]ncc2c1)c1ccc(-c2ccc(Cl)cc2)o1. The predicted molar refractivity (Wildman–Crippen MR) is 93.2 cm³/mol. The van der Waals surface area contributed by atoms with Crippen molar-refractivity contribution in [2.45, 2.75) is 0 Å². The number of furan rings is 1. The maximum Gasteiger partial charge on any atom is 0.291 e. The zero-order valence-corrected chi connectivity index (χ0v) is 13.2. The van der Waals surface area contributed by atoms with Crippen LogP contribution in [-0.4, -0.2) is 16.1 Å². The van der Waals surface area contributed by atoms with Crippen LogP contribution >= 0.6 is 11.6 Å². The lowest BCUT2D eigenvalue weighted by atomic mass is 10.2. The van der Waals surface area contributed by atoms with Gasteiger partial charge in [0.1, 0.15) is 5.76 Å². The quantitative estimate of drug-likeness (QED) is 0.567. The first-order valence-electron chi connectivity index (χ1n) is 7.29. The molecule has 24 heavy (non-hydrogen) atoms. The van der Waals surface area contributed by atoms with Crippen molar-refractivity contribution < 1.29 is 9.21 Å². The van der Waals surface area contributed by atoms with Crippen molar-refractivity contribution >= 4 is 34.1 Å². The van der Waals surface area contributed by atoms with Crippen molar-refractivity contribution in [3.8, 4) is 11.3 Å². The number of halogens is 1. The molecular weight excluding hydrogens is 326 g/mol. The first-order chi connectivity index (χ1) is 11.7. The third kappa shape index (κ3) is 2.77. The first-order valence-corrected chi connectivity index (χ1v) is 7.67. The molecule has 2 aromatic heterocycles. The maximum atomic E-state index is 12.3. The minimum absolute atomic E-state index is 0.243. The largest absolute Gasteiger partial charge is 0.451 e. The number of hydrogen-bond donors (Lipinski definition) is 2. The highest BCUT2D eigenvalue weighted by molar-refractivity contribution is 6.30. The van der Waals surface area contributed by atoms with Gasteiger partial charge >= 0.3 is 0 Å². The van der Waals surface area contributed by atoms with Gasteiger partial charge in [-0.05, 0) is 54.6 Å². The summed E-state index contributed by atoms with van der Waals surface area (Å²) in [5, 5.41) is 11.2. The zero-order chi connectivity index (χ0) is 16.5. The van der Waals surface area contributed by atoms with Gasteiger partial charge in [-0.15, -0.1) is 0 Å². The fraction of sp³-hybridized carbons (Fsp3) is 0. The predicted octanol–water partition coefficient (Wildman–Crippen LogP) is 4.73. The number of carbonyl (C=O) groups is 1. The number of aromatic amines is 1. The molecule has 2 N–H and O–H groups in total.